The lowest BCUT2D eigenvalue weighted by atomic mass is 9.82. The summed E-state index contributed by atoms with van der Waals surface area (Å²) in [6, 6.07) is 19.9. The Balaban J connectivity index is 0.00000192. The Labute approximate surface area is 150 Å². The number of nitrogens with one attached hydrogen (secondary N) is 1. The maximum atomic E-state index is 6.06. The van der Waals surface area contributed by atoms with E-state index in [0.29, 0.717) is 12.0 Å². The molecule has 2 aromatic rings. The van der Waals surface area contributed by atoms with Crippen LogP contribution in [0, 0.1) is 0 Å². The number of aryl methyl sites for hydroxylation is 1. The summed E-state index contributed by atoms with van der Waals surface area (Å²) in [6.45, 7) is 1.15. The van der Waals surface area contributed by atoms with Crippen LogP contribution in [0.15, 0.2) is 54.6 Å². The summed E-state index contributed by atoms with van der Waals surface area (Å²) in [4.78, 5) is 0. The van der Waals surface area contributed by atoms with Crippen LogP contribution in [-0.2, 0) is 6.42 Å². The van der Waals surface area contributed by atoms with E-state index in [4.69, 9.17) is 11.6 Å². The number of hydrogen-bond donors (Lipinski definition) is 1. The lowest BCUT2D eigenvalue weighted by Gasteiger charge is -2.32. The number of hydrogen-bond acceptors (Lipinski definition) is 1. The largest absolute Gasteiger partial charge is 0.313 e. The average Bonchev–Trinajstić information content (AvgIpc) is 2.58. The van der Waals surface area contributed by atoms with E-state index in [1.54, 1.807) is 0 Å². The molecule has 3 rings (SSSR count). The third kappa shape index (κ3) is 5.24. The van der Waals surface area contributed by atoms with Gasteiger partial charge >= 0.3 is 0 Å². The second kappa shape index (κ2) is 9.32. The van der Waals surface area contributed by atoms with Gasteiger partial charge in [-0.3, -0.25) is 0 Å². The second-order valence-electron chi connectivity index (χ2n) is 6.24. The first-order valence-corrected chi connectivity index (χ1v) is 8.73. The van der Waals surface area contributed by atoms with E-state index in [1.807, 2.05) is 12.1 Å². The van der Waals surface area contributed by atoms with Crippen molar-refractivity contribution < 1.29 is 0 Å². The smallest absolute Gasteiger partial charge is 0.0406 e. The molecule has 1 aliphatic rings. The fourth-order valence-electron chi connectivity index (χ4n) is 3.50. The normalized spacial score (nSPS) is 18.9. The van der Waals surface area contributed by atoms with Crippen LogP contribution >= 0.6 is 24.0 Å². The van der Waals surface area contributed by atoms with E-state index in [9.17, 15) is 0 Å². The van der Waals surface area contributed by atoms with E-state index >= 15 is 0 Å². The summed E-state index contributed by atoms with van der Waals surface area (Å²) in [5.41, 5.74) is 2.84. The summed E-state index contributed by atoms with van der Waals surface area (Å²) < 4.78 is 0. The molecule has 0 amide bonds. The van der Waals surface area contributed by atoms with Gasteiger partial charge in [0.15, 0.2) is 0 Å². The van der Waals surface area contributed by atoms with Crippen molar-refractivity contribution >= 4 is 24.0 Å². The van der Waals surface area contributed by atoms with Crippen LogP contribution in [0.25, 0.3) is 0 Å². The Morgan fingerprint density at radius 1 is 1.00 bits per heavy atom. The molecule has 0 radical (unpaired) electrons. The van der Waals surface area contributed by atoms with Gasteiger partial charge in [0.05, 0.1) is 0 Å². The van der Waals surface area contributed by atoms with Crippen molar-refractivity contribution in [1.82, 2.24) is 5.32 Å². The van der Waals surface area contributed by atoms with Gasteiger partial charge in [-0.05, 0) is 61.4 Å². The number of rotatable bonds is 5. The van der Waals surface area contributed by atoms with Gasteiger partial charge in [0, 0.05) is 11.1 Å². The first kappa shape index (κ1) is 18.3. The van der Waals surface area contributed by atoms with Crippen molar-refractivity contribution in [2.45, 2.75) is 44.1 Å². The summed E-state index contributed by atoms with van der Waals surface area (Å²) in [5, 5.41) is 4.56. The van der Waals surface area contributed by atoms with Crippen LogP contribution in [0.1, 0.15) is 42.7 Å². The van der Waals surface area contributed by atoms with E-state index < -0.39 is 0 Å². The molecule has 1 fully saturated rings. The van der Waals surface area contributed by atoms with Crippen LogP contribution in [0.4, 0.5) is 0 Å². The molecule has 2 unspecified atom stereocenters. The molecule has 0 bridgehead atoms. The molecule has 0 aliphatic carbocycles. The predicted octanol–water partition coefficient (Wildman–Crippen LogP) is 5.62. The summed E-state index contributed by atoms with van der Waals surface area (Å²) in [7, 11) is 0. The van der Waals surface area contributed by atoms with Gasteiger partial charge in [0.25, 0.3) is 0 Å². The topological polar surface area (TPSA) is 12.0 Å². The highest BCUT2D eigenvalue weighted by molar-refractivity contribution is 6.30. The van der Waals surface area contributed by atoms with Crippen LogP contribution < -0.4 is 5.32 Å². The molecule has 124 valence electrons. The SMILES string of the molecule is Cl.Clc1ccc(C(CCc2ccccc2)C2CCCCN2)cc1. The quantitative estimate of drug-likeness (QED) is 0.738. The van der Waals surface area contributed by atoms with E-state index in [0.717, 1.165) is 18.0 Å². The fraction of sp³-hybridized carbons (Fsp3) is 0.400. The third-order valence-corrected chi connectivity index (χ3v) is 4.97. The van der Waals surface area contributed by atoms with Gasteiger partial charge in [0.1, 0.15) is 0 Å². The number of piperidine rings is 1. The van der Waals surface area contributed by atoms with Gasteiger partial charge in [-0.1, -0.05) is 60.5 Å². The summed E-state index contributed by atoms with van der Waals surface area (Å²) >= 11 is 6.06. The van der Waals surface area contributed by atoms with Crippen molar-refractivity contribution in [2.24, 2.45) is 0 Å². The molecule has 0 spiro atoms. The standard InChI is InChI=1S/C20H24ClN.ClH/c21-18-12-10-17(11-13-18)19(20-8-4-5-15-22-20)14-9-16-6-2-1-3-7-16;/h1-3,6-7,10-13,19-20,22H,4-5,8-9,14-15H2;1H. The highest BCUT2D eigenvalue weighted by Crippen LogP contribution is 2.30. The molecule has 2 aromatic carbocycles. The van der Waals surface area contributed by atoms with Crippen molar-refractivity contribution in [3.8, 4) is 0 Å². The molecule has 2 atom stereocenters. The van der Waals surface area contributed by atoms with Crippen LogP contribution in [0.5, 0.6) is 0 Å². The minimum absolute atomic E-state index is 0. The monoisotopic (exact) mass is 349 g/mol. The van der Waals surface area contributed by atoms with E-state index in [2.05, 4.69) is 47.8 Å². The number of benzene rings is 2. The Morgan fingerprint density at radius 3 is 2.39 bits per heavy atom. The van der Waals surface area contributed by atoms with E-state index in [1.165, 1.54) is 36.8 Å². The fourth-order valence-corrected chi connectivity index (χ4v) is 3.63. The molecular weight excluding hydrogens is 325 g/mol. The highest BCUT2D eigenvalue weighted by atomic mass is 35.5. The first-order valence-electron chi connectivity index (χ1n) is 8.36. The zero-order valence-corrected chi connectivity index (χ0v) is 15.0. The highest BCUT2D eigenvalue weighted by Gasteiger charge is 2.24. The molecule has 1 N–H and O–H groups in total. The van der Waals surface area contributed by atoms with Gasteiger partial charge in [-0.25, -0.2) is 0 Å². The maximum Gasteiger partial charge on any atom is 0.0406 e. The maximum absolute atomic E-state index is 6.06. The summed E-state index contributed by atoms with van der Waals surface area (Å²) in [6.07, 6.45) is 6.24. The van der Waals surface area contributed by atoms with Gasteiger partial charge < -0.3 is 5.32 Å². The Kier molecular flexibility index (Phi) is 7.42. The Morgan fingerprint density at radius 2 is 1.74 bits per heavy atom. The molecule has 0 aromatic heterocycles. The minimum Gasteiger partial charge on any atom is -0.313 e. The molecule has 1 heterocycles. The zero-order chi connectivity index (χ0) is 15.2. The molecule has 0 saturated carbocycles. The molecule has 1 nitrogen and oxygen atoms in total. The lowest BCUT2D eigenvalue weighted by Crippen LogP contribution is -2.39. The molecule has 1 aliphatic heterocycles. The summed E-state index contributed by atoms with van der Waals surface area (Å²) in [5.74, 6) is 0.567. The second-order valence-corrected chi connectivity index (χ2v) is 6.68. The average molecular weight is 350 g/mol. The zero-order valence-electron chi connectivity index (χ0n) is 13.4. The molecule has 3 heteroatoms. The lowest BCUT2D eigenvalue weighted by molar-refractivity contribution is 0.339. The first-order chi connectivity index (χ1) is 10.8. The Bertz CT molecular complexity index is 562. The van der Waals surface area contributed by atoms with Gasteiger partial charge in [-0.15, -0.1) is 12.4 Å². The molecule has 1 saturated heterocycles. The molecule has 23 heavy (non-hydrogen) atoms. The van der Waals surface area contributed by atoms with Crippen LogP contribution in [0.2, 0.25) is 5.02 Å². The van der Waals surface area contributed by atoms with Crippen molar-refractivity contribution in [3.05, 3.63) is 70.7 Å². The molecular formula is C20H25Cl2N. The predicted molar refractivity (Wildman–Crippen MR) is 102 cm³/mol. The van der Waals surface area contributed by atoms with E-state index in [-0.39, 0.29) is 12.4 Å². The number of halogens is 2. The van der Waals surface area contributed by atoms with Crippen molar-refractivity contribution in [2.75, 3.05) is 6.54 Å². The minimum atomic E-state index is 0. The van der Waals surface area contributed by atoms with Crippen molar-refractivity contribution in [1.29, 1.82) is 0 Å². The van der Waals surface area contributed by atoms with Crippen LogP contribution in [0.3, 0.4) is 0 Å². The van der Waals surface area contributed by atoms with Crippen molar-refractivity contribution in [3.63, 3.8) is 0 Å². The van der Waals surface area contributed by atoms with Gasteiger partial charge in [-0.2, -0.15) is 0 Å². The Hall–Kier alpha value is -1.02. The third-order valence-electron chi connectivity index (χ3n) is 4.72. The van der Waals surface area contributed by atoms with Crippen LogP contribution in [-0.4, -0.2) is 12.6 Å². The van der Waals surface area contributed by atoms with Gasteiger partial charge in [0.2, 0.25) is 0 Å².